The summed E-state index contributed by atoms with van der Waals surface area (Å²) in [5, 5.41) is 11.7. The number of aliphatic carboxylic acids is 1. The van der Waals surface area contributed by atoms with Gasteiger partial charge in [-0.15, -0.1) is 0 Å². The third-order valence-corrected chi connectivity index (χ3v) is 3.42. The number of carbonyl (C=O) groups is 2. The highest BCUT2D eigenvalue weighted by atomic mass is 16.4. The van der Waals surface area contributed by atoms with Crippen molar-refractivity contribution in [3.05, 3.63) is 29.8 Å². The number of carboxylic acid groups (broad SMARTS) is 1. The number of hydrogen-bond acceptors (Lipinski definition) is 2. The standard InChI is InChI=1S/C16H24N2O3/c1-5-18(13-8-6-12(4)7-9-13)16(21)17-14(11(2)3)10-15(19)20/h6-9,11,14H,5,10H2,1-4H3,(H,17,21)(H,19,20). The molecule has 0 aliphatic carbocycles. The average Bonchev–Trinajstić information content (AvgIpc) is 2.40. The molecule has 5 nitrogen and oxygen atoms in total. The lowest BCUT2D eigenvalue weighted by Crippen LogP contribution is -2.47. The van der Waals surface area contributed by atoms with Crippen LogP contribution >= 0.6 is 0 Å². The maximum atomic E-state index is 12.4. The van der Waals surface area contributed by atoms with E-state index in [1.807, 2.05) is 52.0 Å². The van der Waals surface area contributed by atoms with Crippen LogP contribution in [0, 0.1) is 12.8 Å². The van der Waals surface area contributed by atoms with E-state index in [1.54, 1.807) is 4.90 Å². The van der Waals surface area contributed by atoms with Gasteiger partial charge in [0.2, 0.25) is 0 Å². The van der Waals surface area contributed by atoms with E-state index in [4.69, 9.17) is 5.11 Å². The predicted octanol–water partition coefficient (Wildman–Crippen LogP) is 3.03. The van der Waals surface area contributed by atoms with E-state index in [1.165, 1.54) is 0 Å². The molecule has 21 heavy (non-hydrogen) atoms. The summed E-state index contributed by atoms with van der Waals surface area (Å²) < 4.78 is 0. The molecule has 0 spiro atoms. The Kier molecular flexibility index (Phi) is 6.21. The van der Waals surface area contributed by atoms with Crippen molar-refractivity contribution in [1.29, 1.82) is 0 Å². The van der Waals surface area contributed by atoms with Crippen LogP contribution in [0.3, 0.4) is 0 Å². The first-order chi connectivity index (χ1) is 9.85. The minimum Gasteiger partial charge on any atom is -0.481 e. The number of rotatable bonds is 6. The van der Waals surface area contributed by atoms with E-state index in [9.17, 15) is 9.59 Å². The van der Waals surface area contributed by atoms with Crippen molar-refractivity contribution in [2.45, 2.75) is 40.2 Å². The predicted molar refractivity (Wildman–Crippen MR) is 83.6 cm³/mol. The quantitative estimate of drug-likeness (QED) is 0.846. The van der Waals surface area contributed by atoms with Crippen LogP contribution < -0.4 is 10.2 Å². The fraction of sp³-hybridized carbons (Fsp3) is 0.500. The Morgan fingerprint density at radius 2 is 1.81 bits per heavy atom. The summed E-state index contributed by atoms with van der Waals surface area (Å²) in [5.41, 5.74) is 1.93. The molecule has 1 aromatic carbocycles. The van der Waals surface area contributed by atoms with Gasteiger partial charge in [-0.2, -0.15) is 0 Å². The largest absolute Gasteiger partial charge is 0.481 e. The van der Waals surface area contributed by atoms with Gasteiger partial charge < -0.3 is 10.4 Å². The fourth-order valence-electron chi connectivity index (χ4n) is 2.05. The second-order valence-electron chi connectivity index (χ2n) is 5.48. The molecule has 0 fully saturated rings. The highest BCUT2D eigenvalue weighted by Gasteiger charge is 2.22. The van der Waals surface area contributed by atoms with Gasteiger partial charge >= 0.3 is 12.0 Å². The van der Waals surface area contributed by atoms with Crippen molar-refractivity contribution >= 4 is 17.7 Å². The minimum absolute atomic E-state index is 0.0572. The molecule has 0 heterocycles. The molecule has 1 rings (SSSR count). The van der Waals surface area contributed by atoms with E-state index in [0.717, 1.165) is 11.3 Å². The van der Waals surface area contributed by atoms with Crippen molar-refractivity contribution in [3.63, 3.8) is 0 Å². The first-order valence-corrected chi connectivity index (χ1v) is 7.21. The van der Waals surface area contributed by atoms with Crippen LogP contribution in [0.1, 0.15) is 32.8 Å². The molecule has 0 saturated carbocycles. The van der Waals surface area contributed by atoms with Crippen LogP contribution in [0.5, 0.6) is 0 Å². The van der Waals surface area contributed by atoms with E-state index in [0.29, 0.717) is 6.54 Å². The van der Waals surface area contributed by atoms with Crippen molar-refractivity contribution < 1.29 is 14.7 Å². The van der Waals surface area contributed by atoms with Gasteiger partial charge in [0.25, 0.3) is 0 Å². The summed E-state index contributed by atoms with van der Waals surface area (Å²) >= 11 is 0. The molecular weight excluding hydrogens is 268 g/mol. The number of nitrogens with zero attached hydrogens (tertiary/aromatic N) is 1. The van der Waals surface area contributed by atoms with Gasteiger partial charge in [0.15, 0.2) is 0 Å². The number of carbonyl (C=O) groups excluding carboxylic acids is 1. The summed E-state index contributed by atoms with van der Waals surface area (Å²) in [6, 6.07) is 7.03. The molecule has 0 aliphatic heterocycles. The molecule has 5 heteroatoms. The molecule has 2 N–H and O–H groups in total. The Hall–Kier alpha value is -2.04. The van der Waals surface area contributed by atoms with Crippen LogP contribution in [0.2, 0.25) is 0 Å². The number of hydrogen-bond donors (Lipinski definition) is 2. The van der Waals surface area contributed by atoms with Crippen molar-refractivity contribution in [1.82, 2.24) is 5.32 Å². The van der Waals surface area contributed by atoms with Crippen LogP contribution in [0.15, 0.2) is 24.3 Å². The Balaban J connectivity index is 2.82. The Morgan fingerprint density at radius 1 is 1.24 bits per heavy atom. The second kappa shape index (κ2) is 7.67. The number of urea groups is 1. The normalized spacial score (nSPS) is 12.0. The van der Waals surface area contributed by atoms with Gasteiger partial charge in [0, 0.05) is 18.3 Å². The van der Waals surface area contributed by atoms with Crippen LogP contribution in [-0.2, 0) is 4.79 Å². The van der Waals surface area contributed by atoms with Crippen LogP contribution in [-0.4, -0.2) is 29.7 Å². The number of aryl methyl sites for hydroxylation is 1. The molecule has 0 radical (unpaired) electrons. The Morgan fingerprint density at radius 3 is 2.24 bits per heavy atom. The Labute approximate surface area is 126 Å². The van der Waals surface area contributed by atoms with Crippen molar-refractivity contribution in [2.75, 3.05) is 11.4 Å². The van der Waals surface area contributed by atoms with Gasteiger partial charge in [-0.05, 0) is 31.9 Å². The summed E-state index contributed by atoms with van der Waals surface area (Å²) in [6.45, 7) is 8.20. The fourth-order valence-corrected chi connectivity index (χ4v) is 2.05. The van der Waals surface area contributed by atoms with Crippen molar-refractivity contribution in [2.24, 2.45) is 5.92 Å². The number of carboxylic acids is 1. The number of nitrogens with one attached hydrogen (secondary N) is 1. The molecule has 2 amide bonds. The molecule has 0 aliphatic rings. The average molecular weight is 292 g/mol. The minimum atomic E-state index is -0.910. The molecule has 116 valence electrons. The lowest BCUT2D eigenvalue weighted by molar-refractivity contribution is -0.137. The third kappa shape index (κ3) is 5.10. The van der Waals surface area contributed by atoms with Gasteiger partial charge in [-0.1, -0.05) is 31.5 Å². The monoisotopic (exact) mass is 292 g/mol. The van der Waals surface area contributed by atoms with Gasteiger partial charge in [-0.25, -0.2) is 4.79 Å². The molecule has 0 saturated heterocycles. The first-order valence-electron chi connectivity index (χ1n) is 7.21. The van der Waals surface area contributed by atoms with Gasteiger partial charge in [0.1, 0.15) is 0 Å². The van der Waals surface area contributed by atoms with Crippen LogP contribution in [0.25, 0.3) is 0 Å². The Bertz CT molecular complexity index is 483. The zero-order valence-electron chi connectivity index (χ0n) is 13.1. The molecular formula is C16H24N2O3. The van der Waals surface area contributed by atoms with E-state index < -0.39 is 5.97 Å². The molecule has 0 aromatic heterocycles. The SMILES string of the molecule is CCN(C(=O)NC(CC(=O)O)C(C)C)c1ccc(C)cc1. The van der Waals surface area contributed by atoms with Gasteiger partial charge in [-0.3, -0.25) is 9.69 Å². The summed E-state index contributed by atoms with van der Waals surface area (Å²) in [7, 11) is 0. The lowest BCUT2D eigenvalue weighted by atomic mass is 10.0. The molecule has 1 unspecified atom stereocenters. The van der Waals surface area contributed by atoms with Crippen LogP contribution in [0.4, 0.5) is 10.5 Å². The van der Waals surface area contributed by atoms with E-state index in [-0.39, 0.29) is 24.4 Å². The molecule has 1 atom stereocenters. The first kappa shape index (κ1) is 17.0. The van der Waals surface area contributed by atoms with Crippen molar-refractivity contribution in [3.8, 4) is 0 Å². The highest BCUT2D eigenvalue weighted by molar-refractivity contribution is 5.92. The van der Waals surface area contributed by atoms with E-state index in [2.05, 4.69) is 5.32 Å². The maximum absolute atomic E-state index is 12.4. The highest BCUT2D eigenvalue weighted by Crippen LogP contribution is 2.16. The zero-order chi connectivity index (χ0) is 16.0. The summed E-state index contributed by atoms with van der Waals surface area (Å²) in [5.74, 6) is -0.853. The second-order valence-corrected chi connectivity index (χ2v) is 5.48. The lowest BCUT2D eigenvalue weighted by Gasteiger charge is -2.27. The topological polar surface area (TPSA) is 69.6 Å². The summed E-state index contributed by atoms with van der Waals surface area (Å²) in [6.07, 6.45) is -0.0745. The molecule has 1 aromatic rings. The third-order valence-electron chi connectivity index (χ3n) is 3.42. The maximum Gasteiger partial charge on any atom is 0.322 e. The number of amides is 2. The number of benzene rings is 1. The number of anilines is 1. The smallest absolute Gasteiger partial charge is 0.322 e. The van der Waals surface area contributed by atoms with E-state index >= 15 is 0 Å². The van der Waals surface area contributed by atoms with Gasteiger partial charge in [0.05, 0.1) is 6.42 Å². The zero-order valence-corrected chi connectivity index (χ0v) is 13.1. The summed E-state index contributed by atoms with van der Waals surface area (Å²) in [4.78, 5) is 24.9. The molecule has 0 bridgehead atoms.